The van der Waals surface area contributed by atoms with Crippen LogP contribution in [0.4, 0.5) is 4.39 Å². The summed E-state index contributed by atoms with van der Waals surface area (Å²) in [6, 6.07) is 25.8. The summed E-state index contributed by atoms with van der Waals surface area (Å²) < 4.78 is 19.9. The van der Waals surface area contributed by atoms with E-state index in [1.165, 1.54) is 17.2 Å². The summed E-state index contributed by atoms with van der Waals surface area (Å²) in [4.78, 5) is 11.0. The molecule has 0 aromatic heterocycles. The smallest absolute Gasteiger partial charge is 0.303 e. The fourth-order valence-corrected chi connectivity index (χ4v) is 4.48. The van der Waals surface area contributed by atoms with Gasteiger partial charge in [0.25, 0.3) is 0 Å². The number of carboxylic acids is 1. The normalized spacial score (nSPS) is 11.1. The van der Waals surface area contributed by atoms with Gasteiger partial charge in [-0.15, -0.1) is 0 Å². The molecule has 0 heterocycles. The first-order valence-corrected chi connectivity index (χ1v) is 12.5. The van der Waals surface area contributed by atoms with Gasteiger partial charge < -0.3 is 15.2 Å². The summed E-state index contributed by atoms with van der Waals surface area (Å²) >= 11 is 0. The molecule has 0 unspecified atom stereocenters. The molecule has 0 bridgehead atoms. The lowest BCUT2D eigenvalue weighted by Gasteiger charge is -2.13. The van der Waals surface area contributed by atoms with Gasteiger partial charge in [0, 0.05) is 6.42 Å². The SMILES string of the molecule is CCOc1cccc(CCNCCc2cc(-c3ccc(F)c(CCC(=O)O)c3)c3ccccc3c2)c1. The lowest BCUT2D eigenvalue weighted by molar-refractivity contribution is -0.136. The number of aliphatic carboxylic acids is 1. The lowest BCUT2D eigenvalue weighted by Crippen LogP contribution is -2.20. The molecule has 0 fully saturated rings. The first-order valence-electron chi connectivity index (χ1n) is 12.5. The van der Waals surface area contributed by atoms with Gasteiger partial charge in [-0.2, -0.15) is 0 Å². The van der Waals surface area contributed by atoms with E-state index in [-0.39, 0.29) is 18.7 Å². The second-order valence-corrected chi connectivity index (χ2v) is 8.89. The summed E-state index contributed by atoms with van der Waals surface area (Å²) in [7, 11) is 0. The Balaban J connectivity index is 1.46. The Labute approximate surface area is 211 Å². The predicted octanol–water partition coefficient (Wildman–Crippen LogP) is 6.44. The summed E-state index contributed by atoms with van der Waals surface area (Å²) in [6.45, 7) is 4.37. The van der Waals surface area contributed by atoms with Crippen LogP contribution in [0.5, 0.6) is 5.75 Å². The molecule has 4 rings (SSSR count). The summed E-state index contributed by atoms with van der Waals surface area (Å²) in [5, 5.41) is 14.8. The molecule has 186 valence electrons. The third kappa shape index (κ3) is 6.70. The van der Waals surface area contributed by atoms with Crippen molar-refractivity contribution >= 4 is 16.7 Å². The number of fused-ring (bicyclic) bond motifs is 1. The van der Waals surface area contributed by atoms with Gasteiger partial charge in [0.1, 0.15) is 11.6 Å². The fourth-order valence-electron chi connectivity index (χ4n) is 4.48. The highest BCUT2D eigenvalue weighted by molar-refractivity contribution is 5.97. The topological polar surface area (TPSA) is 58.6 Å². The number of hydrogen-bond acceptors (Lipinski definition) is 3. The van der Waals surface area contributed by atoms with Gasteiger partial charge in [-0.25, -0.2) is 4.39 Å². The van der Waals surface area contributed by atoms with Crippen LogP contribution in [-0.2, 0) is 24.1 Å². The molecule has 36 heavy (non-hydrogen) atoms. The van der Waals surface area contributed by atoms with Crippen molar-refractivity contribution in [2.75, 3.05) is 19.7 Å². The van der Waals surface area contributed by atoms with Gasteiger partial charge in [-0.05, 0) is 102 Å². The minimum absolute atomic E-state index is 0.0945. The van der Waals surface area contributed by atoms with Crippen molar-refractivity contribution in [3.8, 4) is 16.9 Å². The van der Waals surface area contributed by atoms with E-state index in [1.54, 1.807) is 12.1 Å². The Morgan fingerprint density at radius 2 is 1.69 bits per heavy atom. The fraction of sp³-hybridized carbons (Fsp3) is 0.258. The Morgan fingerprint density at radius 1 is 0.889 bits per heavy atom. The quantitative estimate of drug-likeness (QED) is 0.227. The van der Waals surface area contributed by atoms with Gasteiger partial charge >= 0.3 is 5.97 Å². The molecule has 0 aliphatic rings. The maximum Gasteiger partial charge on any atom is 0.303 e. The molecule has 5 heteroatoms. The highest BCUT2D eigenvalue weighted by Gasteiger charge is 2.11. The van der Waals surface area contributed by atoms with E-state index in [0.717, 1.165) is 53.6 Å². The van der Waals surface area contributed by atoms with Crippen molar-refractivity contribution in [2.45, 2.75) is 32.6 Å². The number of nitrogens with one attached hydrogen (secondary N) is 1. The third-order valence-corrected chi connectivity index (χ3v) is 6.28. The Hall–Kier alpha value is -3.70. The zero-order valence-electron chi connectivity index (χ0n) is 20.6. The van der Waals surface area contributed by atoms with Crippen LogP contribution in [0, 0.1) is 5.82 Å². The van der Waals surface area contributed by atoms with E-state index in [1.807, 2.05) is 31.2 Å². The number of halogens is 1. The van der Waals surface area contributed by atoms with E-state index in [2.05, 4.69) is 41.7 Å². The maximum atomic E-state index is 14.3. The van der Waals surface area contributed by atoms with Crippen molar-refractivity contribution in [1.29, 1.82) is 0 Å². The molecule has 4 aromatic carbocycles. The second-order valence-electron chi connectivity index (χ2n) is 8.89. The maximum absolute atomic E-state index is 14.3. The number of carbonyl (C=O) groups is 1. The van der Waals surface area contributed by atoms with E-state index < -0.39 is 5.97 Å². The standard InChI is InChI=1S/C31H32FNO3/c1-2-36-27-8-5-6-22(19-27)14-16-33-17-15-23-18-24-7-3-4-9-28(24)29(20-23)25-10-12-30(32)26(21-25)11-13-31(34)35/h3-10,12,18-21,33H,2,11,13-17H2,1H3,(H,34,35). The molecule has 0 aliphatic carbocycles. The molecule has 4 aromatic rings. The van der Waals surface area contributed by atoms with Crippen molar-refractivity contribution in [3.05, 3.63) is 101 Å². The van der Waals surface area contributed by atoms with Crippen molar-refractivity contribution in [1.82, 2.24) is 5.32 Å². The summed E-state index contributed by atoms with van der Waals surface area (Å²) in [5.41, 5.74) is 4.81. The van der Waals surface area contributed by atoms with Crippen molar-refractivity contribution < 1.29 is 19.0 Å². The van der Waals surface area contributed by atoms with Crippen LogP contribution >= 0.6 is 0 Å². The average molecular weight is 486 g/mol. The van der Waals surface area contributed by atoms with Crippen LogP contribution in [0.15, 0.2) is 78.9 Å². The zero-order valence-corrected chi connectivity index (χ0v) is 20.6. The minimum Gasteiger partial charge on any atom is -0.494 e. The second kappa shape index (κ2) is 12.3. The van der Waals surface area contributed by atoms with Gasteiger partial charge in [0.15, 0.2) is 0 Å². The number of hydrogen-bond donors (Lipinski definition) is 2. The molecular formula is C31H32FNO3. The molecular weight excluding hydrogens is 453 g/mol. The predicted molar refractivity (Wildman–Crippen MR) is 143 cm³/mol. The monoisotopic (exact) mass is 485 g/mol. The molecule has 2 N–H and O–H groups in total. The van der Waals surface area contributed by atoms with Gasteiger partial charge in [0.2, 0.25) is 0 Å². The average Bonchev–Trinajstić information content (AvgIpc) is 2.88. The minimum atomic E-state index is -0.929. The lowest BCUT2D eigenvalue weighted by atomic mass is 9.93. The largest absolute Gasteiger partial charge is 0.494 e. The van der Waals surface area contributed by atoms with Crippen molar-refractivity contribution in [3.63, 3.8) is 0 Å². The molecule has 0 amide bonds. The third-order valence-electron chi connectivity index (χ3n) is 6.28. The van der Waals surface area contributed by atoms with Crippen LogP contribution in [0.1, 0.15) is 30.0 Å². The van der Waals surface area contributed by atoms with Gasteiger partial charge in [-0.1, -0.05) is 54.6 Å². The molecule has 0 saturated carbocycles. The molecule has 0 aliphatic heterocycles. The first-order chi connectivity index (χ1) is 17.5. The number of aryl methyl sites for hydroxylation is 1. The Kier molecular flexibility index (Phi) is 8.69. The van der Waals surface area contributed by atoms with Gasteiger partial charge in [0.05, 0.1) is 6.61 Å². The molecule has 0 atom stereocenters. The van der Waals surface area contributed by atoms with Crippen LogP contribution in [-0.4, -0.2) is 30.8 Å². The highest BCUT2D eigenvalue weighted by atomic mass is 19.1. The van der Waals surface area contributed by atoms with E-state index in [9.17, 15) is 9.18 Å². The van der Waals surface area contributed by atoms with Crippen molar-refractivity contribution in [2.24, 2.45) is 0 Å². The van der Waals surface area contributed by atoms with E-state index in [0.29, 0.717) is 12.2 Å². The van der Waals surface area contributed by atoms with E-state index >= 15 is 0 Å². The van der Waals surface area contributed by atoms with Crippen LogP contribution in [0.2, 0.25) is 0 Å². The van der Waals surface area contributed by atoms with Crippen LogP contribution in [0.3, 0.4) is 0 Å². The molecule has 0 saturated heterocycles. The summed E-state index contributed by atoms with van der Waals surface area (Å²) in [6.07, 6.45) is 1.87. The van der Waals surface area contributed by atoms with Crippen LogP contribution in [0.25, 0.3) is 21.9 Å². The zero-order chi connectivity index (χ0) is 25.3. The number of benzene rings is 4. The molecule has 0 spiro atoms. The Bertz CT molecular complexity index is 1330. The van der Waals surface area contributed by atoms with Crippen LogP contribution < -0.4 is 10.1 Å². The first kappa shape index (κ1) is 25.4. The molecule has 4 nitrogen and oxygen atoms in total. The number of carboxylic acid groups (broad SMARTS) is 1. The number of ether oxygens (including phenoxy) is 1. The number of rotatable bonds is 12. The highest BCUT2D eigenvalue weighted by Crippen LogP contribution is 2.32. The molecule has 0 radical (unpaired) electrons. The van der Waals surface area contributed by atoms with Gasteiger partial charge in [-0.3, -0.25) is 4.79 Å². The van der Waals surface area contributed by atoms with E-state index in [4.69, 9.17) is 9.84 Å². The summed E-state index contributed by atoms with van der Waals surface area (Å²) in [5.74, 6) is -0.385. The Morgan fingerprint density at radius 3 is 2.50 bits per heavy atom.